The molecule has 1 aliphatic heterocycles. The maximum atomic E-state index is 12.2. The van der Waals surface area contributed by atoms with E-state index in [1.807, 2.05) is 35.2 Å². The molecule has 1 saturated heterocycles. The highest BCUT2D eigenvalue weighted by Gasteiger charge is 2.30. The quantitative estimate of drug-likeness (QED) is 0.921. The Morgan fingerprint density at radius 2 is 1.76 bits per heavy atom. The zero-order valence-corrected chi connectivity index (χ0v) is 14.1. The summed E-state index contributed by atoms with van der Waals surface area (Å²) in [4.78, 5) is 14.2. The van der Waals surface area contributed by atoms with Crippen LogP contribution < -0.4 is 5.32 Å². The van der Waals surface area contributed by atoms with Crippen molar-refractivity contribution in [1.82, 2.24) is 4.90 Å². The van der Waals surface area contributed by atoms with Crippen LogP contribution in [0.2, 0.25) is 0 Å². The topological polar surface area (TPSA) is 32.3 Å². The first-order valence-corrected chi connectivity index (χ1v) is 7.53. The van der Waals surface area contributed by atoms with Gasteiger partial charge >= 0.3 is 0 Å². The Balaban J connectivity index is 0.00000220. The molecule has 21 heavy (non-hydrogen) atoms. The third-order valence-electron chi connectivity index (χ3n) is 4.29. The van der Waals surface area contributed by atoms with Crippen LogP contribution >= 0.6 is 12.4 Å². The van der Waals surface area contributed by atoms with Crippen LogP contribution in [0, 0.1) is 11.3 Å². The average molecular weight is 311 g/mol. The fourth-order valence-corrected chi connectivity index (χ4v) is 2.84. The summed E-state index contributed by atoms with van der Waals surface area (Å²) in [5, 5.41) is 3.19. The van der Waals surface area contributed by atoms with Gasteiger partial charge < -0.3 is 10.2 Å². The van der Waals surface area contributed by atoms with E-state index in [0.717, 1.165) is 37.5 Å². The Bertz CT molecular complexity index is 434. The maximum absolute atomic E-state index is 12.2. The van der Waals surface area contributed by atoms with Crippen LogP contribution in [-0.2, 0) is 4.79 Å². The smallest absolute Gasteiger partial charge is 0.241 e. The highest BCUT2D eigenvalue weighted by atomic mass is 35.5. The van der Waals surface area contributed by atoms with Crippen LogP contribution in [0.1, 0.15) is 33.6 Å². The second-order valence-corrected chi connectivity index (χ2v) is 6.74. The van der Waals surface area contributed by atoms with Crippen molar-refractivity contribution in [3.05, 3.63) is 30.3 Å². The van der Waals surface area contributed by atoms with Crippen LogP contribution in [0.15, 0.2) is 30.3 Å². The minimum atomic E-state index is 0. The highest BCUT2D eigenvalue weighted by molar-refractivity contribution is 5.85. The molecule has 0 unspecified atom stereocenters. The number of nitrogens with zero attached hydrogens (tertiary/aromatic N) is 1. The van der Waals surface area contributed by atoms with Crippen molar-refractivity contribution in [1.29, 1.82) is 0 Å². The van der Waals surface area contributed by atoms with Gasteiger partial charge in [-0.1, -0.05) is 39.0 Å². The molecule has 2 rings (SSSR count). The number of likely N-dealkylation sites (tertiary alicyclic amines) is 1. The second kappa shape index (κ2) is 7.69. The molecule has 3 nitrogen and oxygen atoms in total. The maximum Gasteiger partial charge on any atom is 0.241 e. The standard InChI is InChI=1S/C17H26N2O.ClH/c1-17(2,3)14-9-11-19(12-10-14)16(20)13-18-15-7-5-4-6-8-15;/h4-8,14,18H,9-13H2,1-3H3;1H. The van der Waals surface area contributed by atoms with E-state index < -0.39 is 0 Å². The number of benzene rings is 1. The lowest BCUT2D eigenvalue weighted by Crippen LogP contribution is -2.43. The van der Waals surface area contributed by atoms with Gasteiger partial charge in [0, 0.05) is 18.8 Å². The molecule has 1 aromatic rings. The summed E-state index contributed by atoms with van der Waals surface area (Å²) in [6.45, 7) is 9.09. The molecule has 1 aromatic carbocycles. The Labute approximate surface area is 134 Å². The van der Waals surface area contributed by atoms with Gasteiger partial charge in [0.2, 0.25) is 5.91 Å². The predicted octanol–water partition coefficient (Wildman–Crippen LogP) is 3.81. The number of carbonyl (C=O) groups excluding carboxylic acids is 1. The first-order chi connectivity index (χ1) is 9.47. The Morgan fingerprint density at radius 1 is 1.19 bits per heavy atom. The summed E-state index contributed by atoms with van der Waals surface area (Å²) in [6.07, 6.45) is 2.25. The van der Waals surface area contributed by atoms with Gasteiger partial charge in [0.1, 0.15) is 0 Å². The van der Waals surface area contributed by atoms with E-state index >= 15 is 0 Å². The molecular weight excluding hydrogens is 284 g/mol. The largest absolute Gasteiger partial charge is 0.376 e. The summed E-state index contributed by atoms with van der Waals surface area (Å²) in [7, 11) is 0. The molecule has 0 aliphatic carbocycles. The number of para-hydroxylation sites is 1. The number of piperidine rings is 1. The lowest BCUT2D eigenvalue weighted by atomic mass is 9.75. The van der Waals surface area contributed by atoms with E-state index in [1.54, 1.807) is 0 Å². The molecule has 0 atom stereocenters. The fourth-order valence-electron chi connectivity index (χ4n) is 2.84. The number of carbonyl (C=O) groups is 1. The number of halogens is 1. The molecule has 1 heterocycles. The predicted molar refractivity (Wildman–Crippen MR) is 90.9 cm³/mol. The average Bonchev–Trinajstić information content (AvgIpc) is 2.45. The lowest BCUT2D eigenvalue weighted by molar-refractivity contribution is -0.131. The van der Waals surface area contributed by atoms with Gasteiger partial charge in [0.05, 0.1) is 6.54 Å². The minimum Gasteiger partial charge on any atom is -0.376 e. The number of amides is 1. The number of hydrogen-bond acceptors (Lipinski definition) is 2. The molecule has 1 N–H and O–H groups in total. The fraction of sp³-hybridized carbons (Fsp3) is 0.588. The summed E-state index contributed by atoms with van der Waals surface area (Å²) < 4.78 is 0. The van der Waals surface area contributed by atoms with E-state index in [4.69, 9.17) is 0 Å². The van der Waals surface area contributed by atoms with Crippen LogP contribution in [0.25, 0.3) is 0 Å². The van der Waals surface area contributed by atoms with Crippen LogP contribution in [-0.4, -0.2) is 30.4 Å². The van der Waals surface area contributed by atoms with Crippen molar-refractivity contribution in [2.75, 3.05) is 25.0 Å². The molecule has 0 saturated carbocycles. The number of rotatable bonds is 3. The summed E-state index contributed by atoms with van der Waals surface area (Å²) >= 11 is 0. The minimum absolute atomic E-state index is 0. The van der Waals surface area contributed by atoms with E-state index in [1.165, 1.54) is 0 Å². The molecule has 1 aliphatic rings. The molecule has 1 fully saturated rings. The third kappa shape index (κ3) is 5.24. The van der Waals surface area contributed by atoms with E-state index in [-0.39, 0.29) is 18.3 Å². The molecule has 1 amide bonds. The van der Waals surface area contributed by atoms with Crippen molar-refractivity contribution < 1.29 is 4.79 Å². The highest BCUT2D eigenvalue weighted by Crippen LogP contribution is 2.34. The number of anilines is 1. The van der Waals surface area contributed by atoms with Gasteiger partial charge in [-0.3, -0.25) is 4.79 Å². The first-order valence-electron chi connectivity index (χ1n) is 7.53. The van der Waals surface area contributed by atoms with Gasteiger partial charge in [0.15, 0.2) is 0 Å². The van der Waals surface area contributed by atoms with E-state index in [9.17, 15) is 4.79 Å². The van der Waals surface area contributed by atoms with Crippen molar-refractivity contribution in [2.24, 2.45) is 11.3 Å². The number of nitrogens with one attached hydrogen (secondary N) is 1. The van der Waals surface area contributed by atoms with Gasteiger partial charge in [-0.15, -0.1) is 12.4 Å². The Morgan fingerprint density at radius 3 is 2.29 bits per heavy atom. The monoisotopic (exact) mass is 310 g/mol. The third-order valence-corrected chi connectivity index (χ3v) is 4.29. The molecule has 0 bridgehead atoms. The van der Waals surface area contributed by atoms with Gasteiger partial charge in [-0.25, -0.2) is 0 Å². The second-order valence-electron chi connectivity index (χ2n) is 6.74. The van der Waals surface area contributed by atoms with Crippen molar-refractivity contribution >= 4 is 24.0 Å². The summed E-state index contributed by atoms with van der Waals surface area (Å²) in [6, 6.07) is 9.89. The molecular formula is C17H27ClN2O. The normalized spacial score (nSPS) is 16.2. The van der Waals surface area contributed by atoms with Crippen LogP contribution in [0.3, 0.4) is 0 Å². The molecule has 0 spiro atoms. The lowest BCUT2D eigenvalue weighted by Gasteiger charge is -2.38. The van der Waals surface area contributed by atoms with Gasteiger partial charge in [0.25, 0.3) is 0 Å². The van der Waals surface area contributed by atoms with Crippen LogP contribution in [0.5, 0.6) is 0 Å². The SMILES string of the molecule is CC(C)(C)C1CCN(C(=O)CNc2ccccc2)CC1.Cl. The first kappa shape index (κ1) is 17.8. The summed E-state index contributed by atoms with van der Waals surface area (Å²) in [5.41, 5.74) is 1.36. The number of hydrogen-bond donors (Lipinski definition) is 1. The van der Waals surface area contributed by atoms with Crippen molar-refractivity contribution in [3.8, 4) is 0 Å². The van der Waals surface area contributed by atoms with Crippen molar-refractivity contribution in [3.63, 3.8) is 0 Å². The summed E-state index contributed by atoms with van der Waals surface area (Å²) in [5.74, 6) is 0.940. The zero-order chi connectivity index (χ0) is 14.6. The van der Waals surface area contributed by atoms with Crippen molar-refractivity contribution in [2.45, 2.75) is 33.6 Å². The molecule has 118 valence electrons. The van der Waals surface area contributed by atoms with Gasteiger partial charge in [-0.2, -0.15) is 0 Å². The molecule has 0 radical (unpaired) electrons. The van der Waals surface area contributed by atoms with E-state index in [0.29, 0.717) is 12.0 Å². The zero-order valence-electron chi connectivity index (χ0n) is 13.3. The molecule has 4 heteroatoms. The Kier molecular flexibility index (Phi) is 6.53. The molecule has 0 aromatic heterocycles. The van der Waals surface area contributed by atoms with E-state index in [2.05, 4.69) is 26.1 Å². The van der Waals surface area contributed by atoms with Gasteiger partial charge in [-0.05, 0) is 36.3 Å². The van der Waals surface area contributed by atoms with Crippen LogP contribution in [0.4, 0.5) is 5.69 Å². The Hall–Kier alpha value is -1.22.